The number of hydrazine groups is 1. The maximum Gasteiger partial charge on any atom is 0.259 e. The van der Waals surface area contributed by atoms with Crippen LogP contribution in [0, 0.1) is 0 Å². The lowest BCUT2D eigenvalue weighted by atomic mass is 9.91. The van der Waals surface area contributed by atoms with E-state index in [9.17, 15) is 4.79 Å². The molecule has 3 rings (SSSR count). The average molecular weight is 401 g/mol. The standard InChI is InChI=1S/C21H27N3O5/c1-13-20(14-5-10-17(27-3)18(11-14)28-4)21(24-23-13)22-19(25)12-29-16-8-6-15(26-2)7-9-16/h5-11,13,20-21,23-24H,12H2,1-4H3,(H,22,25). The first-order chi connectivity index (χ1) is 14.0. The molecule has 1 aliphatic rings. The second-order valence-electron chi connectivity index (χ2n) is 6.73. The number of nitrogens with one attached hydrogen (secondary N) is 3. The van der Waals surface area contributed by atoms with Gasteiger partial charge in [0.05, 0.1) is 21.3 Å². The molecule has 1 amide bonds. The SMILES string of the molecule is COc1ccc(OCC(=O)NC2NNC(C)C2c2ccc(OC)c(OC)c2)cc1. The van der Waals surface area contributed by atoms with Crippen LogP contribution in [0.3, 0.4) is 0 Å². The van der Waals surface area contributed by atoms with Gasteiger partial charge in [0.25, 0.3) is 5.91 Å². The number of methoxy groups -OCH3 is 3. The zero-order valence-corrected chi connectivity index (χ0v) is 17.0. The van der Waals surface area contributed by atoms with Gasteiger partial charge in [-0.05, 0) is 48.9 Å². The molecule has 8 heteroatoms. The van der Waals surface area contributed by atoms with Crippen molar-refractivity contribution in [2.45, 2.75) is 25.0 Å². The summed E-state index contributed by atoms with van der Waals surface area (Å²) in [4.78, 5) is 12.4. The molecule has 29 heavy (non-hydrogen) atoms. The topological polar surface area (TPSA) is 90.1 Å². The van der Waals surface area contributed by atoms with Gasteiger partial charge in [0.2, 0.25) is 0 Å². The highest BCUT2D eigenvalue weighted by Crippen LogP contribution is 2.34. The van der Waals surface area contributed by atoms with Crippen molar-refractivity contribution in [1.82, 2.24) is 16.2 Å². The Balaban J connectivity index is 1.63. The molecule has 0 saturated carbocycles. The fourth-order valence-electron chi connectivity index (χ4n) is 3.39. The van der Waals surface area contributed by atoms with Gasteiger partial charge in [-0.15, -0.1) is 0 Å². The summed E-state index contributed by atoms with van der Waals surface area (Å²) in [5.41, 5.74) is 7.35. The largest absolute Gasteiger partial charge is 0.497 e. The molecule has 3 atom stereocenters. The van der Waals surface area contributed by atoms with Crippen LogP contribution in [0.2, 0.25) is 0 Å². The lowest BCUT2D eigenvalue weighted by molar-refractivity contribution is -0.124. The van der Waals surface area contributed by atoms with E-state index in [-0.39, 0.29) is 30.6 Å². The molecule has 0 bridgehead atoms. The van der Waals surface area contributed by atoms with Crippen LogP contribution in [-0.2, 0) is 4.79 Å². The van der Waals surface area contributed by atoms with E-state index >= 15 is 0 Å². The predicted octanol–water partition coefficient (Wildman–Crippen LogP) is 1.81. The van der Waals surface area contributed by atoms with Gasteiger partial charge in [-0.2, -0.15) is 0 Å². The van der Waals surface area contributed by atoms with Gasteiger partial charge in [0.15, 0.2) is 18.1 Å². The van der Waals surface area contributed by atoms with Crippen LogP contribution in [0.15, 0.2) is 42.5 Å². The van der Waals surface area contributed by atoms with E-state index in [0.717, 1.165) is 11.3 Å². The number of hydrogen-bond donors (Lipinski definition) is 3. The Hall–Kier alpha value is -2.97. The Labute approximate surface area is 170 Å². The molecule has 156 valence electrons. The number of ether oxygens (including phenoxy) is 4. The first kappa shape index (κ1) is 20.8. The first-order valence-corrected chi connectivity index (χ1v) is 9.35. The number of hydrogen-bond acceptors (Lipinski definition) is 7. The van der Waals surface area contributed by atoms with E-state index in [1.165, 1.54) is 0 Å². The number of benzene rings is 2. The third-order valence-corrected chi connectivity index (χ3v) is 4.90. The zero-order valence-electron chi connectivity index (χ0n) is 17.0. The van der Waals surface area contributed by atoms with Crippen LogP contribution in [0.1, 0.15) is 18.4 Å². The van der Waals surface area contributed by atoms with Crippen molar-refractivity contribution in [2.24, 2.45) is 0 Å². The smallest absolute Gasteiger partial charge is 0.259 e. The van der Waals surface area contributed by atoms with Gasteiger partial charge in [-0.1, -0.05) is 6.07 Å². The van der Waals surface area contributed by atoms with Crippen molar-refractivity contribution in [3.05, 3.63) is 48.0 Å². The molecule has 3 unspecified atom stereocenters. The Morgan fingerprint density at radius 2 is 1.62 bits per heavy atom. The van der Waals surface area contributed by atoms with Gasteiger partial charge in [0, 0.05) is 12.0 Å². The highest BCUT2D eigenvalue weighted by Gasteiger charge is 2.35. The van der Waals surface area contributed by atoms with E-state index in [0.29, 0.717) is 17.2 Å². The summed E-state index contributed by atoms with van der Waals surface area (Å²) in [6.45, 7) is 1.96. The maximum absolute atomic E-state index is 12.4. The zero-order chi connectivity index (χ0) is 20.8. The molecule has 1 saturated heterocycles. The molecular formula is C21H27N3O5. The third kappa shape index (κ3) is 4.90. The van der Waals surface area contributed by atoms with Crippen LogP contribution in [0.25, 0.3) is 0 Å². The minimum Gasteiger partial charge on any atom is -0.497 e. The summed E-state index contributed by atoms with van der Waals surface area (Å²) in [6, 6.07) is 13.0. The quantitative estimate of drug-likeness (QED) is 0.622. The summed E-state index contributed by atoms with van der Waals surface area (Å²) < 4.78 is 21.4. The van der Waals surface area contributed by atoms with Crippen molar-refractivity contribution < 1.29 is 23.7 Å². The van der Waals surface area contributed by atoms with Crippen molar-refractivity contribution in [1.29, 1.82) is 0 Å². The highest BCUT2D eigenvalue weighted by atomic mass is 16.5. The van der Waals surface area contributed by atoms with Crippen LogP contribution >= 0.6 is 0 Å². The lowest BCUT2D eigenvalue weighted by Gasteiger charge is -2.23. The van der Waals surface area contributed by atoms with Gasteiger partial charge < -0.3 is 24.3 Å². The molecular weight excluding hydrogens is 374 g/mol. The average Bonchev–Trinajstić information content (AvgIpc) is 3.11. The van der Waals surface area contributed by atoms with Crippen LogP contribution < -0.4 is 35.1 Å². The van der Waals surface area contributed by atoms with Crippen molar-refractivity contribution in [3.8, 4) is 23.0 Å². The highest BCUT2D eigenvalue weighted by molar-refractivity contribution is 5.78. The summed E-state index contributed by atoms with van der Waals surface area (Å²) in [7, 11) is 4.80. The summed E-state index contributed by atoms with van der Waals surface area (Å²) in [6.07, 6.45) is -0.296. The number of carbonyl (C=O) groups is 1. The van der Waals surface area contributed by atoms with Crippen LogP contribution in [-0.4, -0.2) is 46.1 Å². The van der Waals surface area contributed by atoms with Gasteiger partial charge in [0.1, 0.15) is 17.7 Å². The minimum atomic E-state index is -0.296. The van der Waals surface area contributed by atoms with E-state index in [2.05, 4.69) is 16.2 Å². The summed E-state index contributed by atoms with van der Waals surface area (Å²) in [5.74, 6) is 2.42. The van der Waals surface area contributed by atoms with Crippen LogP contribution in [0.4, 0.5) is 0 Å². The summed E-state index contributed by atoms with van der Waals surface area (Å²) >= 11 is 0. The normalized spacial score (nSPS) is 20.8. The molecule has 1 fully saturated rings. The predicted molar refractivity (Wildman–Crippen MR) is 108 cm³/mol. The van der Waals surface area contributed by atoms with E-state index < -0.39 is 0 Å². The van der Waals surface area contributed by atoms with Crippen molar-refractivity contribution >= 4 is 5.91 Å². The van der Waals surface area contributed by atoms with Gasteiger partial charge in [-0.3, -0.25) is 10.2 Å². The second-order valence-corrected chi connectivity index (χ2v) is 6.73. The number of rotatable bonds is 8. The summed E-state index contributed by atoms with van der Waals surface area (Å²) in [5, 5.41) is 2.98. The minimum absolute atomic E-state index is 0.000238. The second kappa shape index (κ2) is 9.49. The fraction of sp³-hybridized carbons (Fsp3) is 0.381. The van der Waals surface area contributed by atoms with Gasteiger partial charge in [-0.25, -0.2) is 5.43 Å². The lowest BCUT2D eigenvalue weighted by Crippen LogP contribution is -2.47. The molecule has 0 aliphatic carbocycles. The fourth-order valence-corrected chi connectivity index (χ4v) is 3.39. The van der Waals surface area contributed by atoms with Crippen LogP contribution in [0.5, 0.6) is 23.0 Å². The van der Waals surface area contributed by atoms with Crippen molar-refractivity contribution in [2.75, 3.05) is 27.9 Å². The molecule has 0 radical (unpaired) electrons. The third-order valence-electron chi connectivity index (χ3n) is 4.90. The molecule has 0 spiro atoms. The monoisotopic (exact) mass is 401 g/mol. The Morgan fingerprint density at radius 1 is 0.931 bits per heavy atom. The van der Waals surface area contributed by atoms with Gasteiger partial charge >= 0.3 is 0 Å². The molecule has 1 aliphatic heterocycles. The molecule has 8 nitrogen and oxygen atoms in total. The number of carbonyl (C=O) groups excluding carboxylic acids is 1. The molecule has 2 aromatic rings. The first-order valence-electron chi connectivity index (χ1n) is 9.35. The molecule has 0 aromatic heterocycles. The maximum atomic E-state index is 12.4. The Kier molecular flexibility index (Phi) is 6.79. The Bertz CT molecular complexity index is 828. The molecule has 2 aromatic carbocycles. The van der Waals surface area contributed by atoms with E-state index in [1.54, 1.807) is 45.6 Å². The molecule has 3 N–H and O–H groups in total. The number of amides is 1. The van der Waals surface area contributed by atoms with Crippen molar-refractivity contribution in [3.63, 3.8) is 0 Å². The molecule has 1 heterocycles. The Morgan fingerprint density at radius 3 is 2.28 bits per heavy atom. The van der Waals surface area contributed by atoms with E-state index in [1.807, 2.05) is 25.1 Å². The van der Waals surface area contributed by atoms with E-state index in [4.69, 9.17) is 18.9 Å².